The number of halogens is 7. The lowest BCUT2D eigenvalue weighted by Crippen LogP contribution is -2.50. The average molecular weight is 382 g/mol. The fourth-order valence-electron chi connectivity index (χ4n) is 1.95. The second kappa shape index (κ2) is 6.46. The molecule has 1 amide bonds. The largest absolute Gasteiger partial charge is 0.439 e. The number of primary amides is 1. The van der Waals surface area contributed by atoms with Gasteiger partial charge in [0.1, 0.15) is 5.75 Å². The molecular formula is C15H9F7N2O2. The molecule has 0 saturated carbocycles. The number of pyridine rings is 1. The molecule has 0 atom stereocenters. The van der Waals surface area contributed by atoms with Crippen LogP contribution in [0.1, 0.15) is 15.9 Å². The highest BCUT2D eigenvalue weighted by molar-refractivity contribution is 5.92. The number of hydrogen-bond donors (Lipinski definition) is 1. The van der Waals surface area contributed by atoms with E-state index in [1.54, 1.807) is 0 Å². The minimum atomic E-state index is -6.19. The maximum absolute atomic E-state index is 13.9. The van der Waals surface area contributed by atoms with Gasteiger partial charge in [-0.1, -0.05) is 12.1 Å². The number of aromatic nitrogens is 1. The Balaban J connectivity index is 2.28. The molecule has 0 aliphatic carbocycles. The Morgan fingerprint density at radius 3 is 1.81 bits per heavy atom. The summed E-state index contributed by atoms with van der Waals surface area (Å²) in [5, 5.41) is 0. The molecule has 11 heteroatoms. The number of ether oxygens (including phenoxy) is 1. The molecule has 1 aromatic carbocycles. The molecule has 4 nitrogen and oxygen atoms in total. The third-order valence-corrected chi connectivity index (χ3v) is 3.28. The van der Waals surface area contributed by atoms with Gasteiger partial charge in [-0.25, -0.2) is 9.37 Å². The van der Waals surface area contributed by atoms with Crippen LogP contribution in [-0.4, -0.2) is 23.2 Å². The minimum Gasteiger partial charge on any atom is -0.439 e. The number of nitrogens with zero attached hydrogens (tertiary/aromatic N) is 1. The number of benzene rings is 1. The fraction of sp³-hybridized carbons (Fsp3) is 0.200. The van der Waals surface area contributed by atoms with Crippen molar-refractivity contribution in [2.75, 3.05) is 0 Å². The molecule has 0 aliphatic heterocycles. The van der Waals surface area contributed by atoms with Crippen molar-refractivity contribution in [2.45, 2.75) is 18.0 Å². The normalized spacial score (nSPS) is 12.7. The lowest BCUT2D eigenvalue weighted by molar-refractivity contribution is -0.348. The van der Waals surface area contributed by atoms with Crippen molar-refractivity contribution in [2.24, 2.45) is 5.73 Å². The van der Waals surface area contributed by atoms with Gasteiger partial charge in [-0.05, 0) is 18.2 Å². The summed E-state index contributed by atoms with van der Waals surface area (Å²) in [4.78, 5) is 14.6. The molecule has 0 aliphatic rings. The smallest absolute Gasteiger partial charge is 0.435 e. The summed E-state index contributed by atoms with van der Waals surface area (Å²) < 4.78 is 94.9. The van der Waals surface area contributed by atoms with E-state index in [9.17, 15) is 35.5 Å². The molecule has 0 radical (unpaired) electrons. The fourth-order valence-corrected chi connectivity index (χ4v) is 1.95. The highest BCUT2D eigenvalue weighted by Gasteiger charge is 2.73. The Labute approximate surface area is 141 Å². The van der Waals surface area contributed by atoms with Crippen molar-refractivity contribution in [3.05, 3.63) is 53.7 Å². The molecule has 140 valence electrons. The summed E-state index contributed by atoms with van der Waals surface area (Å²) >= 11 is 0. The number of alkyl halides is 7. The second-order valence-corrected chi connectivity index (χ2v) is 5.03. The topological polar surface area (TPSA) is 65.2 Å². The van der Waals surface area contributed by atoms with Gasteiger partial charge in [-0.3, -0.25) is 4.79 Å². The average Bonchev–Trinajstić information content (AvgIpc) is 2.53. The zero-order valence-corrected chi connectivity index (χ0v) is 12.5. The molecule has 0 unspecified atom stereocenters. The van der Waals surface area contributed by atoms with E-state index in [0.717, 1.165) is 18.3 Å². The van der Waals surface area contributed by atoms with E-state index in [-0.39, 0.29) is 17.2 Å². The van der Waals surface area contributed by atoms with Gasteiger partial charge in [0.15, 0.2) is 0 Å². The number of carbonyl (C=O) groups is 1. The van der Waals surface area contributed by atoms with Crippen LogP contribution < -0.4 is 10.5 Å². The lowest BCUT2D eigenvalue weighted by atomic mass is 9.94. The predicted molar refractivity (Wildman–Crippen MR) is 74.2 cm³/mol. The first-order valence-corrected chi connectivity index (χ1v) is 6.73. The second-order valence-electron chi connectivity index (χ2n) is 5.03. The quantitative estimate of drug-likeness (QED) is 0.804. The number of hydrogen-bond acceptors (Lipinski definition) is 3. The molecule has 0 spiro atoms. The molecule has 2 aromatic rings. The Morgan fingerprint density at radius 2 is 1.42 bits per heavy atom. The highest BCUT2D eigenvalue weighted by atomic mass is 19.4. The monoisotopic (exact) mass is 382 g/mol. The third-order valence-electron chi connectivity index (χ3n) is 3.28. The molecule has 1 heterocycles. The molecular weight excluding hydrogens is 373 g/mol. The van der Waals surface area contributed by atoms with Gasteiger partial charge in [0.2, 0.25) is 11.8 Å². The third kappa shape index (κ3) is 3.55. The Kier molecular flexibility index (Phi) is 4.84. The van der Waals surface area contributed by atoms with E-state index in [2.05, 4.69) is 4.98 Å². The summed E-state index contributed by atoms with van der Waals surface area (Å²) in [6, 6.07) is 4.54. The van der Waals surface area contributed by atoms with Crippen LogP contribution in [0.3, 0.4) is 0 Å². The van der Waals surface area contributed by atoms with Crippen molar-refractivity contribution in [1.82, 2.24) is 4.98 Å². The molecule has 26 heavy (non-hydrogen) atoms. The van der Waals surface area contributed by atoms with Gasteiger partial charge in [-0.2, -0.15) is 26.3 Å². The van der Waals surface area contributed by atoms with Crippen molar-refractivity contribution in [3.63, 3.8) is 0 Å². The van der Waals surface area contributed by atoms with E-state index in [0.29, 0.717) is 12.1 Å². The molecule has 2 N–H and O–H groups in total. The highest BCUT2D eigenvalue weighted by Crippen LogP contribution is 2.53. The van der Waals surface area contributed by atoms with Crippen molar-refractivity contribution in [3.8, 4) is 11.6 Å². The number of nitrogens with two attached hydrogens (primary N) is 1. The molecule has 0 bridgehead atoms. The van der Waals surface area contributed by atoms with Gasteiger partial charge in [0.25, 0.3) is 0 Å². The van der Waals surface area contributed by atoms with Crippen LogP contribution in [0.4, 0.5) is 30.7 Å². The van der Waals surface area contributed by atoms with E-state index in [4.69, 9.17) is 10.5 Å². The van der Waals surface area contributed by atoms with Crippen LogP contribution in [0, 0.1) is 0 Å². The van der Waals surface area contributed by atoms with Crippen LogP contribution in [0.2, 0.25) is 0 Å². The maximum atomic E-state index is 13.9. The van der Waals surface area contributed by atoms with E-state index < -0.39 is 29.5 Å². The maximum Gasteiger partial charge on any atom is 0.435 e. The van der Waals surface area contributed by atoms with Gasteiger partial charge >= 0.3 is 18.0 Å². The first-order chi connectivity index (χ1) is 11.9. The van der Waals surface area contributed by atoms with Crippen LogP contribution in [0.25, 0.3) is 0 Å². The zero-order chi connectivity index (χ0) is 19.8. The van der Waals surface area contributed by atoms with E-state index in [1.807, 2.05) is 0 Å². The van der Waals surface area contributed by atoms with Crippen LogP contribution in [-0.2, 0) is 5.67 Å². The standard InChI is InChI=1S/C15H9F7N2O2/c16-13(14(17,18)19,15(20,21)22)9-2-4-10(5-3-9)26-11-6-1-8(7-24-11)12(23)25/h1-7H,(H2,23,25). The van der Waals surface area contributed by atoms with E-state index >= 15 is 0 Å². The molecule has 1 aromatic heterocycles. The number of rotatable bonds is 4. The van der Waals surface area contributed by atoms with E-state index in [1.165, 1.54) is 12.1 Å². The van der Waals surface area contributed by atoms with Gasteiger partial charge < -0.3 is 10.5 Å². The van der Waals surface area contributed by atoms with Gasteiger partial charge in [0.05, 0.1) is 5.56 Å². The SMILES string of the molecule is NC(=O)c1ccc(Oc2ccc(C(F)(C(F)(F)F)C(F)(F)F)cc2)nc1. The lowest BCUT2D eigenvalue weighted by Gasteiger charge is -2.30. The molecule has 0 saturated heterocycles. The number of amides is 1. The summed E-state index contributed by atoms with van der Waals surface area (Å²) in [7, 11) is 0. The Hall–Kier alpha value is -2.85. The summed E-state index contributed by atoms with van der Waals surface area (Å²) in [5.41, 5.74) is -2.09. The van der Waals surface area contributed by atoms with Crippen LogP contribution in [0.5, 0.6) is 11.6 Å². The van der Waals surface area contributed by atoms with Crippen molar-refractivity contribution in [1.29, 1.82) is 0 Å². The summed E-state index contributed by atoms with van der Waals surface area (Å²) in [6.45, 7) is 0. The van der Waals surface area contributed by atoms with Crippen LogP contribution in [0.15, 0.2) is 42.6 Å². The van der Waals surface area contributed by atoms with Gasteiger partial charge in [-0.15, -0.1) is 0 Å². The van der Waals surface area contributed by atoms with Gasteiger partial charge in [0, 0.05) is 17.8 Å². The summed E-state index contributed by atoms with van der Waals surface area (Å²) in [5.74, 6) is -1.06. The minimum absolute atomic E-state index is 0.0604. The Bertz CT molecular complexity index is 770. The number of carbonyl (C=O) groups excluding carboxylic acids is 1. The Morgan fingerprint density at radius 1 is 0.885 bits per heavy atom. The van der Waals surface area contributed by atoms with Crippen molar-refractivity contribution >= 4 is 5.91 Å². The van der Waals surface area contributed by atoms with Crippen LogP contribution >= 0.6 is 0 Å². The molecule has 0 fully saturated rings. The van der Waals surface area contributed by atoms with Crippen molar-refractivity contribution < 1.29 is 40.3 Å². The predicted octanol–water partition coefficient (Wildman–Crippen LogP) is 4.26. The molecule has 2 rings (SSSR count). The zero-order valence-electron chi connectivity index (χ0n) is 12.5. The first-order valence-electron chi connectivity index (χ1n) is 6.73. The first kappa shape index (κ1) is 19.5. The summed E-state index contributed by atoms with van der Waals surface area (Å²) in [6.07, 6.45) is -11.3.